The molecule has 52 nitrogen and oxygen atoms in total. The minimum atomic E-state index is -6.29. The van der Waals surface area contributed by atoms with Gasteiger partial charge in [0.25, 0.3) is 0 Å². The van der Waals surface area contributed by atoms with Gasteiger partial charge in [0.05, 0.1) is 25.2 Å². The predicted molar refractivity (Wildman–Crippen MR) is 289 cm³/mol. The minimum Gasteiger partial charge on any atom is -0.726 e. The minimum absolute atomic E-state index is 0. The molecule has 5 rings (SSSR count). The number of aliphatic hydroxyl groups is 2. The summed E-state index contributed by atoms with van der Waals surface area (Å²) in [5, 5.41) is 124. The van der Waals surface area contributed by atoms with E-state index in [1.165, 1.54) is 14.0 Å². The van der Waals surface area contributed by atoms with Crippen LogP contribution in [0, 0.1) is 0 Å². The predicted octanol–water partition coefficient (Wildman–Crippen LogP) is -42.5. The van der Waals surface area contributed by atoms with E-state index in [1.807, 2.05) is 0 Å². The second kappa shape index (κ2) is 60.7. The fourth-order valence-electron chi connectivity index (χ4n) is 11.2. The maximum Gasteiger partial charge on any atom is 1.00 e. The Labute approximate surface area is 876 Å². The summed E-state index contributed by atoms with van der Waals surface area (Å²) in [6.07, 6.45) is -42.5. The largest absolute Gasteiger partial charge is 1.00 e. The third kappa shape index (κ3) is 35.2. The first-order chi connectivity index (χ1) is 47.3. The van der Waals surface area contributed by atoms with E-state index in [9.17, 15) is 95.2 Å². The molecule has 5 fully saturated rings. The van der Waals surface area contributed by atoms with Crippen molar-refractivity contribution in [2.45, 2.75) is 198 Å². The number of carbonyl (C=O) groups excluding carboxylic acids is 2. The molecule has 11 unspecified atom stereocenters. The Balaban J connectivity index is -0.00000276. The fraction of sp³-hybridized carbons (Fsp3) is 0.951. The number of aliphatic hydroxyl groups excluding tert-OH is 2. The number of aliphatic carboxylic acids is 2. The molecule has 5 aliphatic heterocycles. The Bertz CT molecular complexity index is 2970. The SMILES string of the molecule is CO[C@H]1O[C@@H](COS(=O)(=O)[O-])[C@@H](O[C@@H]2OC(C)(C(=O)[O-])[C@@](C)(O[C@H]3OC(C(C)OS(=O)(=O)[O-])[C@@H](O[C@@H]4O[C@@H](C(=O)[O-])[C@@H](O[C@H]5O[C@@H](COSOO[O-])[C@@H](OC)C(C)(OC)C5NSOO[O-])C(C)(OC)C4O)[C@H](OSOO[O-])C3NSOO[O-])[C@@H](O)C2OS(=O)(=O)[O-])C(C)(OC)C1NSOO[O-].[Na+].[Na+].[Na+].[Na+].[Na+].[Na+].[Na+].[Na+].[Na+].[Na+]. The number of carbonyl (C=O) groups is 2. The summed E-state index contributed by atoms with van der Waals surface area (Å²) in [7, 11) is -12.9. The van der Waals surface area contributed by atoms with Crippen LogP contribution in [0.15, 0.2) is 0 Å². The second-order valence-corrected chi connectivity index (χ2v) is 27.3. The zero-order valence-corrected chi connectivity index (χ0v) is 89.4. The van der Waals surface area contributed by atoms with E-state index in [0.717, 1.165) is 42.3 Å². The summed E-state index contributed by atoms with van der Waals surface area (Å²) >= 11 is -0.678. The summed E-state index contributed by atoms with van der Waals surface area (Å²) in [5.74, 6) is -4.78. The number of hydrogen-bond donors (Lipinski definition) is 5. The molecular formula is C41H63N3Na10O49S8. The number of carboxylic acids is 2. The van der Waals surface area contributed by atoms with E-state index in [-0.39, 0.29) is 345 Å². The van der Waals surface area contributed by atoms with Gasteiger partial charge in [-0.1, -0.05) is 0 Å². The van der Waals surface area contributed by atoms with Crippen LogP contribution in [0.25, 0.3) is 0 Å². The van der Waals surface area contributed by atoms with Crippen molar-refractivity contribution >= 4 is 104 Å². The van der Waals surface area contributed by atoms with Crippen LogP contribution in [0.3, 0.4) is 0 Å². The van der Waals surface area contributed by atoms with Crippen molar-refractivity contribution in [3.05, 3.63) is 0 Å². The van der Waals surface area contributed by atoms with E-state index < -0.39 is 226 Å². The van der Waals surface area contributed by atoms with Crippen LogP contribution >= 0.6 is 61.3 Å². The van der Waals surface area contributed by atoms with Crippen molar-refractivity contribution in [3.63, 3.8) is 0 Å². The standard InChI is InChI=1S/C41H73N3O49S8.10Na/c1-14(82-100(59,60)61)18-20(75-35-26(46)39(4,69-11)29(22(76-35)30(47)48)78-34-24(44-96-91-86-53)37(2,67-9)27(65-7)15(73-34)12-70-97-92-87-54)19(81-98-93-88-55)17(42-94-89-84-51)31(74-18)79-40(5)25(45)21(83-101(62,63)64)32(80-41(40,6)36(49)50)77-28-16(13-71-99(56,57)58)72-33(66-8)23(38(28,3)68-10)43-95-90-85-52;;;;;;;;;;/h14-29,31-35,42-46,51-55H,12-13H2,1-11H3,(H,47,48)(H,49,50)(H,56,57,58)(H,59,60,61)(H,62,63,64);;;;;;;;;;/q;10*+1/p-10/t14?,15-,16-,17?,18?,19+,20+,21?,22+,23?,24?,25-,26?,27+,28+,29+,31+,32+,33-,34+,35+,37?,38?,39?,40-,41?;;;;;;;;;;/m0........../s1. The molecule has 0 bridgehead atoms. The van der Waals surface area contributed by atoms with Gasteiger partial charge in [0.15, 0.2) is 62.2 Å². The Hall–Kier alpha value is 8.86. The molecule has 0 saturated carbocycles. The summed E-state index contributed by atoms with van der Waals surface area (Å²) in [6, 6.07) is -5.54. The molecule has 594 valence electrons. The summed E-state index contributed by atoms with van der Waals surface area (Å²) in [6.45, 7) is 3.16. The number of methoxy groups -OCH3 is 5. The quantitative estimate of drug-likeness (QED) is 0.00553. The third-order valence-corrected chi connectivity index (χ3v) is 20.1. The van der Waals surface area contributed by atoms with Crippen LogP contribution in [0.5, 0.6) is 0 Å². The molecule has 0 spiro atoms. The maximum absolute atomic E-state index is 13.8. The van der Waals surface area contributed by atoms with Crippen LogP contribution in [0.1, 0.15) is 41.5 Å². The van der Waals surface area contributed by atoms with E-state index >= 15 is 0 Å². The van der Waals surface area contributed by atoms with Gasteiger partial charge in [-0.3, -0.25) is 46.1 Å². The van der Waals surface area contributed by atoms with Crippen molar-refractivity contribution in [1.82, 2.24) is 14.2 Å². The second-order valence-electron chi connectivity index (χ2n) is 21.6. The first kappa shape index (κ1) is 131. The summed E-state index contributed by atoms with van der Waals surface area (Å²) in [4.78, 5) is 27.3. The topological polar surface area (TPSA) is 711 Å². The number of hydrogen-bond acceptors (Lipinski definition) is 57. The molecule has 0 aromatic heterocycles. The zero-order chi connectivity index (χ0) is 75.9. The molecule has 0 radical (unpaired) electrons. The maximum atomic E-state index is 13.8. The van der Waals surface area contributed by atoms with Crippen molar-refractivity contribution < 1.29 is 525 Å². The molecule has 0 aromatic carbocycles. The first-order valence-electron chi connectivity index (χ1n) is 27.3. The van der Waals surface area contributed by atoms with Gasteiger partial charge < -0.3 is 136 Å². The van der Waals surface area contributed by atoms with Crippen LogP contribution in [0.4, 0.5) is 0 Å². The van der Waals surface area contributed by atoms with E-state index in [4.69, 9.17) is 83.0 Å². The van der Waals surface area contributed by atoms with Gasteiger partial charge in [-0.15, -0.1) is 8.67 Å². The number of nitrogens with one attached hydrogen (secondary N) is 3. The average Bonchev–Trinajstić information content (AvgIpc) is 0.713. The van der Waals surface area contributed by atoms with Crippen molar-refractivity contribution in [2.24, 2.45) is 0 Å². The van der Waals surface area contributed by atoms with Crippen molar-refractivity contribution in [2.75, 3.05) is 48.8 Å². The van der Waals surface area contributed by atoms with Crippen LogP contribution < -0.4 is 346 Å². The van der Waals surface area contributed by atoms with Crippen molar-refractivity contribution in [3.8, 4) is 0 Å². The summed E-state index contributed by atoms with van der Waals surface area (Å²) < 4.78 is 247. The molecule has 5 aliphatic rings. The monoisotopic (exact) mass is 1870 g/mol. The molecule has 0 amide bonds. The molecule has 0 aromatic rings. The van der Waals surface area contributed by atoms with Gasteiger partial charge in [0.2, 0.25) is 31.2 Å². The third-order valence-electron chi connectivity index (χ3n) is 16.4. The molecule has 26 atom stereocenters. The van der Waals surface area contributed by atoms with Gasteiger partial charge in [-0.2, -0.15) is 13.0 Å². The molecular weight excluding hydrogens is 1800 g/mol. The molecule has 5 heterocycles. The van der Waals surface area contributed by atoms with Gasteiger partial charge in [-0.05, 0) is 41.5 Å². The van der Waals surface area contributed by atoms with Gasteiger partial charge in [-0.25, -0.2) is 39.4 Å². The molecule has 5 saturated heterocycles. The Morgan fingerprint density at radius 3 is 1.45 bits per heavy atom. The molecule has 5 N–H and O–H groups in total. The fourth-order valence-corrected chi connectivity index (χ4v) is 14.6. The normalized spacial score (nSPS) is 35.7. The van der Waals surface area contributed by atoms with Crippen LogP contribution in [0.2, 0.25) is 0 Å². The van der Waals surface area contributed by atoms with E-state index in [2.05, 4.69) is 65.2 Å². The molecule has 70 heteroatoms. The Morgan fingerprint density at radius 1 is 0.514 bits per heavy atom. The van der Waals surface area contributed by atoms with E-state index in [1.54, 1.807) is 0 Å². The number of rotatable bonds is 44. The van der Waals surface area contributed by atoms with Gasteiger partial charge >= 0.3 is 296 Å². The Morgan fingerprint density at radius 2 is 0.991 bits per heavy atom. The number of ether oxygens (including phenoxy) is 14. The van der Waals surface area contributed by atoms with Crippen LogP contribution in [-0.4, -0.2) is 267 Å². The smallest absolute Gasteiger partial charge is 0.726 e. The number of carboxylic acid groups (broad SMARTS) is 2. The van der Waals surface area contributed by atoms with Gasteiger partial charge in [0, 0.05) is 35.5 Å². The van der Waals surface area contributed by atoms with E-state index in [0.29, 0.717) is 20.8 Å². The molecule has 0 aliphatic carbocycles. The Kier molecular flexibility index (Phi) is 71.5. The summed E-state index contributed by atoms with van der Waals surface area (Å²) in [5.41, 5.74) is -13.7. The van der Waals surface area contributed by atoms with Gasteiger partial charge in [0.1, 0.15) is 156 Å². The zero-order valence-electron chi connectivity index (χ0n) is 62.9. The first-order valence-corrected chi connectivity index (χ1v) is 34.8. The van der Waals surface area contributed by atoms with Crippen molar-refractivity contribution in [1.29, 1.82) is 0 Å². The van der Waals surface area contributed by atoms with Crippen LogP contribution in [-0.2, 0) is 175 Å². The molecule has 111 heavy (non-hydrogen) atoms. The average molecular weight is 1870 g/mol.